The molecule has 1 aromatic heterocycles. The lowest BCUT2D eigenvalue weighted by Gasteiger charge is -2.38. The van der Waals surface area contributed by atoms with Crippen LogP contribution in [0.15, 0.2) is 30.3 Å². The lowest BCUT2D eigenvalue weighted by Crippen LogP contribution is -2.57. The Kier molecular flexibility index (Phi) is 11.9. The minimum absolute atomic E-state index is 0.0830. The van der Waals surface area contributed by atoms with Crippen molar-refractivity contribution < 1.29 is 24.0 Å². The summed E-state index contributed by atoms with van der Waals surface area (Å²) >= 11 is 2.99. The maximum absolute atomic E-state index is 14.3. The average Bonchev–Trinajstić information content (AvgIpc) is 3.95. The molecule has 0 bridgehead atoms. The van der Waals surface area contributed by atoms with Gasteiger partial charge >= 0.3 is 6.03 Å². The number of aromatic nitrogens is 2. The molecule has 4 aliphatic heterocycles. The van der Waals surface area contributed by atoms with Crippen molar-refractivity contribution in [3.8, 4) is 11.3 Å². The van der Waals surface area contributed by atoms with Gasteiger partial charge in [-0.25, -0.2) is 4.79 Å². The Morgan fingerprint density at radius 1 is 1.04 bits per heavy atom. The summed E-state index contributed by atoms with van der Waals surface area (Å²) in [5.41, 5.74) is 1.43. The van der Waals surface area contributed by atoms with Gasteiger partial charge in [-0.3, -0.25) is 19.2 Å². The maximum atomic E-state index is 14.3. The Hall–Kier alpha value is -3.72. The first-order chi connectivity index (χ1) is 24.2. The number of unbranched alkanes of at least 4 members (excludes halogenated alkanes) is 1. The summed E-state index contributed by atoms with van der Waals surface area (Å²) in [6, 6.07) is 8.36. The predicted octanol–water partition coefficient (Wildman–Crippen LogP) is 3.63. The van der Waals surface area contributed by atoms with Crippen molar-refractivity contribution in [1.82, 2.24) is 35.3 Å². The molecule has 3 unspecified atom stereocenters. The highest BCUT2D eigenvalue weighted by Gasteiger charge is 2.43. The van der Waals surface area contributed by atoms with Crippen LogP contribution in [0.25, 0.3) is 11.3 Å². The molecule has 4 saturated heterocycles. The number of benzene rings is 1. The maximum Gasteiger partial charge on any atom is 0.315 e. The number of piperidine rings is 1. The van der Waals surface area contributed by atoms with Crippen LogP contribution in [0.1, 0.15) is 71.6 Å². The van der Waals surface area contributed by atoms with Crippen molar-refractivity contribution in [1.29, 1.82) is 0 Å². The van der Waals surface area contributed by atoms with Crippen molar-refractivity contribution in [2.75, 3.05) is 30.7 Å². The second-order valence-corrected chi connectivity index (χ2v) is 15.9. The van der Waals surface area contributed by atoms with Gasteiger partial charge in [0.2, 0.25) is 23.6 Å². The molecule has 6 atom stereocenters. The van der Waals surface area contributed by atoms with Crippen molar-refractivity contribution in [2.45, 2.75) is 101 Å². The van der Waals surface area contributed by atoms with Crippen LogP contribution < -0.4 is 21.3 Å². The summed E-state index contributed by atoms with van der Waals surface area (Å²) in [4.78, 5) is 69.4. The molecule has 1 aromatic carbocycles. The molecule has 2 aromatic rings. The van der Waals surface area contributed by atoms with E-state index < -0.39 is 12.1 Å². The van der Waals surface area contributed by atoms with Crippen molar-refractivity contribution in [3.63, 3.8) is 0 Å². The second kappa shape index (κ2) is 16.5. The summed E-state index contributed by atoms with van der Waals surface area (Å²) in [6.45, 7) is 5.27. The molecule has 0 aliphatic carbocycles. The van der Waals surface area contributed by atoms with Crippen LogP contribution in [0.2, 0.25) is 0 Å². The van der Waals surface area contributed by atoms with Crippen molar-refractivity contribution in [2.24, 2.45) is 11.8 Å². The Morgan fingerprint density at radius 3 is 2.58 bits per heavy atom. The smallest absolute Gasteiger partial charge is 0.315 e. The zero-order valence-corrected chi connectivity index (χ0v) is 30.4. The van der Waals surface area contributed by atoms with Gasteiger partial charge in [-0.2, -0.15) is 11.8 Å². The third kappa shape index (κ3) is 8.25. The summed E-state index contributed by atoms with van der Waals surface area (Å²) in [6.07, 6.45) is 6.19. The third-order valence-electron chi connectivity index (χ3n) is 10.7. The van der Waals surface area contributed by atoms with E-state index in [2.05, 4.69) is 30.9 Å². The highest BCUT2D eigenvalue weighted by Crippen LogP contribution is 2.34. The van der Waals surface area contributed by atoms with Crippen LogP contribution in [0, 0.1) is 11.8 Å². The standard InChI is InChI=1S/C35H48N8O5S2/c1-3-21(2)31(45)37-29(23-15-18-42(19-16-23)27(44)14-8-7-13-26-30-24(20-49-26)36-35(48)38-30)34(47)43-17-9-12-25(43)32(46)39-33-28(40-41-50-33)22-10-5-4-6-11-22/h4-6,10-11,21,23-26,29-30H,3,7-9,12-20H2,1-2H3,(H,37,45)(H,39,46)(H2,36,38,48)/t21-,24?,25+,26?,29+,30?/m1/s1. The van der Waals surface area contributed by atoms with Gasteiger partial charge in [0.15, 0.2) is 0 Å². The van der Waals surface area contributed by atoms with Gasteiger partial charge in [0.05, 0.1) is 12.1 Å². The molecule has 0 radical (unpaired) electrons. The molecule has 4 N–H and O–H groups in total. The molecule has 13 nitrogen and oxygen atoms in total. The summed E-state index contributed by atoms with van der Waals surface area (Å²) < 4.78 is 4.05. The normalized spacial score (nSPS) is 24.6. The number of fused-ring (bicyclic) bond motifs is 1. The van der Waals surface area contributed by atoms with Crippen LogP contribution in [0.3, 0.4) is 0 Å². The number of likely N-dealkylation sites (tertiary alicyclic amines) is 2. The molecule has 4 aliphatic rings. The molecule has 50 heavy (non-hydrogen) atoms. The van der Waals surface area contributed by atoms with E-state index >= 15 is 0 Å². The number of nitrogens with zero attached hydrogens (tertiary/aromatic N) is 4. The fourth-order valence-corrected chi connectivity index (χ4v) is 9.64. The highest BCUT2D eigenvalue weighted by molar-refractivity contribution is 8.00. The first-order valence-electron chi connectivity index (χ1n) is 18.0. The van der Waals surface area contributed by atoms with E-state index in [0.717, 1.165) is 42.1 Å². The molecule has 0 spiro atoms. The minimum Gasteiger partial charge on any atom is -0.344 e. The molecular weight excluding hydrogens is 677 g/mol. The highest BCUT2D eigenvalue weighted by atomic mass is 32.2. The molecular formula is C35H48N8O5S2. The minimum atomic E-state index is -0.773. The SMILES string of the molecule is CC[C@@H](C)C(=O)N[C@H](C(=O)N1CCC[C@H]1C(=O)Nc1snnc1-c1ccccc1)C1CCN(C(=O)CCCCC2SCC3NC(=O)NC32)CC1. The molecule has 270 valence electrons. The van der Waals surface area contributed by atoms with E-state index in [4.69, 9.17) is 0 Å². The van der Waals surface area contributed by atoms with Crippen molar-refractivity contribution >= 4 is 58.0 Å². The van der Waals surface area contributed by atoms with E-state index in [1.165, 1.54) is 0 Å². The predicted molar refractivity (Wildman–Crippen MR) is 193 cm³/mol. The Labute approximate surface area is 301 Å². The molecule has 6 amide bonds. The monoisotopic (exact) mass is 724 g/mol. The fourth-order valence-electron chi connectivity index (χ4n) is 7.50. The molecule has 5 heterocycles. The number of anilines is 1. The molecule has 6 rings (SSSR count). The van der Waals surface area contributed by atoms with Gasteiger partial charge in [0.25, 0.3) is 0 Å². The van der Waals surface area contributed by atoms with Gasteiger partial charge in [-0.05, 0) is 50.9 Å². The largest absolute Gasteiger partial charge is 0.344 e. The first kappa shape index (κ1) is 36.1. The quantitative estimate of drug-likeness (QED) is 0.180. The Morgan fingerprint density at radius 2 is 1.82 bits per heavy atom. The van der Waals surface area contributed by atoms with Gasteiger partial charge in [-0.15, -0.1) is 5.10 Å². The number of hydrogen-bond donors (Lipinski definition) is 4. The zero-order valence-electron chi connectivity index (χ0n) is 28.8. The number of carbonyl (C=O) groups excluding carboxylic acids is 5. The second-order valence-electron chi connectivity index (χ2n) is 13.9. The number of hydrogen-bond acceptors (Lipinski definition) is 9. The molecule has 15 heteroatoms. The van der Waals surface area contributed by atoms with E-state index in [-0.39, 0.29) is 53.6 Å². The van der Waals surface area contributed by atoms with Crippen LogP contribution in [-0.4, -0.2) is 104 Å². The number of amides is 6. The number of rotatable bonds is 13. The number of carbonyl (C=O) groups is 5. The van der Waals surface area contributed by atoms with E-state index in [9.17, 15) is 24.0 Å². The summed E-state index contributed by atoms with van der Waals surface area (Å²) in [5.74, 6) is -0.0666. The number of nitrogens with one attached hydrogen (secondary N) is 4. The molecule has 4 fully saturated rings. The summed E-state index contributed by atoms with van der Waals surface area (Å²) in [7, 11) is 0. The zero-order chi connectivity index (χ0) is 35.2. The number of urea groups is 1. The van der Waals surface area contributed by atoms with Gasteiger partial charge < -0.3 is 31.1 Å². The number of thioether (sulfide) groups is 1. The lowest BCUT2D eigenvalue weighted by atomic mass is 9.87. The van der Waals surface area contributed by atoms with Crippen LogP contribution in [0.5, 0.6) is 0 Å². The van der Waals surface area contributed by atoms with Crippen LogP contribution in [0.4, 0.5) is 9.80 Å². The van der Waals surface area contributed by atoms with Gasteiger partial charge in [0.1, 0.15) is 22.8 Å². The Bertz CT molecular complexity index is 1530. The summed E-state index contributed by atoms with van der Waals surface area (Å²) in [5, 5.41) is 17.2. The molecule has 0 saturated carbocycles. The van der Waals surface area contributed by atoms with Gasteiger partial charge in [-0.1, -0.05) is 55.1 Å². The van der Waals surface area contributed by atoms with E-state index in [1.54, 1.807) is 4.90 Å². The first-order valence-corrected chi connectivity index (χ1v) is 19.8. The van der Waals surface area contributed by atoms with Gasteiger partial charge in [0, 0.05) is 60.1 Å². The van der Waals surface area contributed by atoms with Crippen LogP contribution in [-0.2, 0) is 19.2 Å². The average molecular weight is 725 g/mol. The van der Waals surface area contributed by atoms with Crippen molar-refractivity contribution in [3.05, 3.63) is 30.3 Å². The fraction of sp³-hybridized carbons (Fsp3) is 0.629. The third-order valence-corrected chi connectivity index (χ3v) is 12.8. The van der Waals surface area contributed by atoms with Crippen LogP contribution >= 0.6 is 23.3 Å². The van der Waals surface area contributed by atoms with E-state index in [1.807, 2.05) is 60.8 Å². The topological polar surface area (TPSA) is 166 Å². The Balaban J connectivity index is 1.04. The lowest BCUT2D eigenvalue weighted by molar-refractivity contribution is -0.143. The van der Waals surface area contributed by atoms with E-state index in [0.29, 0.717) is 74.1 Å².